The fourth-order valence-electron chi connectivity index (χ4n) is 1.63. The molecule has 0 heterocycles. The average Bonchev–Trinajstić information content (AvgIpc) is 2.31. The summed E-state index contributed by atoms with van der Waals surface area (Å²) in [5.74, 6) is 0.864. The van der Waals surface area contributed by atoms with E-state index >= 15 is 0 Å². The van der Waals surface area contributed by atoms with Crippen LogP contribution in [0.3, 0.4) is 0 Å². The quantitative estimate of drug-likeness (QED) is 0.650. The van der Waals surface area contributed by atoms with Crippen LogP contribution in [0.1, 0.15) is 51.7 Å². The van der Waals surface area contributed by atoms with E-state index in [-0.39, 0.29) is 0 Å². The highest BCUT2D eigenvalue weighted by Gasteiger charge is 2.03. The van der Waals surface area contributed by atoms with Crippen LogP contribution in [0.4, 0.5) is 0 Å². The first-order valence-electron chi connectivity index (χ1n) is 6.31. The van der Waals surface area contributed by atoms with Crippen LogP contribution in [0, 0.1) is 12.8 Å². The van der Waals surface area contributed by atoms with Gasteiger partial charge in [0, 0.05) is 0 Å². The highest BCUT2D eigenvalue weighted by atomic mass is 14.1. The lowest BCUT2D eigenvalue weighted by atomic mass is 9.94. The number of rotatable bonds is 4. The van der Waals surface area contributed by atoms with Gasteiger partial charge in [-0.3, -0.25) is 0 Å². The molecule has 0 radical (unpaired) electrons. The van der Waals surface area contributed by atoms with E-state index in [2.05, 4.69) is 45.0 Å². The first kappa shape index (κ1) is 14.2. The van der Waals surface area contributed by atoms with Crippen molar-refractivity contribution in [3.63, 3.8) is 0 Å². The molecule has 0 amide bonds. The van der Waals surface area contributed by atoms with Gasteiger partial charge in [0.1, 0.15) is 0 Å². The maximum absolute atomic E-state index is 2.28. The Morgan fingerprint density at radius 3 is 1.80 bits per heavy atom. The number of hydrogen-bond acceptors (Lipinski definition) is 0. The minimum absolute atomic E-state index is 0.864. The second kappa shape index (κ2) is 8.52. The summed E-state index contributed by atoms with van der Waals surface area (Å²) in [5.41, 5.74) is 2.84. The Labute approximate surface area is 95.7 Å². The van der Waals surface area contributed by atoms with Crippen molar-refractivity contribution in [3.8, 4) is 0 Å². The Bertz CT molecular complexity index is 229. The van der Waals surface area contributed by atoms with Gasteiger partial charge in [0.25, 0.3) is 0 Å². The lowest BCUT2D eigenvalue weighted by molar-refractivity contribution is 0.490. The molecule has 0 aliphatic heterocycles. The monoisotopic (exact) mass is 206 g/mol. The molecule has 0 unspecified atom stereocenters. The zero-order chi connectivity index (χ0) is 11.7. The number of hydrogen-bond donors (Lipinski definition) is 0. The van der Waals surface area contributed by atoms with E-state index in [4.69, 9.17) is 0 Å². The molecule has 0 spiro atoms. The van der Waals surface area contributed by atoms with Crippen LogP contribution < -0.4 is 0 Å². The zero-order valence-corrected chi connectivity index (χ0v) is 11.0. The van der Waals surface area contributed by atoms with Gasteiger partial charge in [-0.05, 0) is 24.8 Å². The fraction of sp³-hybridized carbons (Fsp3) is 0.600. The summed E-state index contributed by atoms with van der Waals surface area (Å²) in [6.07, 6.45) is 3.84. The second-order valence-electron chi connectivity index (χ2n) is 3.87. The maximum Gasteiger partial charge on any atom is -0.0251 e. The molecule has 0 aliphatic carbocycles. The minimum atomic E-state index is 0.864. The van der Waals surface area contributed by atoms with Crippen LogP contribution in [0.5, 0.6) is 0 Å². The van der Waals surface area contributed by atoms with E-state index < -0.39 is 0 Å². The van der Waals surface area contributed by atoms with Crippen molar-refractivity contribution in [3.05, 3.63) is 35.4 Å². The molecule has 0 saturated heterocycles. The van der Waals surface area contributed by atoms with E-state index in [0.717, 1.165) is 5.92 Å². The van der Waals surface area contributed by atoms with Gasteiger partial charge in [-0.1, -0.05) is 70.4 Å². The van der Waals surface area contributed by atoms with Crippen molar-refractivity contribution in [2.75, 3.05) is 0 Å². The summed E-state index contributed by atoms with van der Waals surface area (Å²) in [6, 6.07) is 8.93. The van der Waals surface area contributed by atoms with E-state index in [1.54, 1.807) is 0 Å². The summed E-state index contributed by atoms with van der Waals surface area (Å²) in [5, 5.41) is 0. The van der Waals surface area contributed by atoms with Crippen molar-refractivity contribution in [1.82, 2.24) is 0 Å². The topological polar surface area (TPSA) is 0 Å². The molecular weight excluding hydrogens is 180 g/mol. The SMILES string of the molecule is CC.CCC(CC)Cc1ccc(C)cc1. The smallest absolute Gasteiger partial charge is 0.0251 e. The second-order valence-corrected chi connectivity index (χ2v) is 3.87. The van der Waals surface area contributed by atoms with E-state index in [1.807, 2.05) is 13.8 Å². The predicted octanol–water partition coefficient (Wildman–Crippen LogP) is 5.00. The van der Waals surface area contributed by atoms with Crippen molar-refractivity contribution in [2.45, 2.75) is 53.9 Å². The number of benzene rings is 1. The molecule has 0 bridgehead atoms. The third kappa shape index (κ3) is 5.61. The normalized spacial score (nSPS) is 9.73. The fourth-order valence-corrected chi connectivity index (χ4v) is 1.63. The standard InChI is InChI=1S/C13H20.C2H6/c1-4-12(5-2)10-13-8-6-11(3)7-9-13;1-2/h6-9,12H,4-5,10H2,1-3H3;1-2H3. The van der Waals surface area contributed by atoms with E-state index in [0.29, 0.717) is 0 Å². The molecule has 0 saturated carbocycles. The van der Waals surface area contributed by atoms with Crippen LogP contribution in [-0.4, -0.2) is 0 Å². The molecule has 0 atom stereocenters. The molecule has 15 heavy (non-hydrogen) atoms. The Balaban J connectivity index is 0.000000921. The Hall–Kier alpha value is -0.780. The van der Waals surface area contributed by atoms with E-state index in [1.165, 1.54) is 30.4 Å². The molecule has 1 rings (SSSR count). The maximum atomic E-state index is 2.28. The summed E-state index contributed by atoms with van der Waals surface area (Å²) >= 11 is 0. The van der Waals surface area contributed by atoms with Crippen molar-refractivity contribution < 1.29 is 0 Å². The summed E-state index contributed by atoms with van der Waals surface area (Å²) in [6.45, 7) is 10.7. The Morgan fingerprint density at radius 1 is 0.933 bits per heavy atom. The molecule has 0 fully saturated rings. The minimum Gasteiger partial charge on any atom is -0.0683 e. The summed E-state index contributed by atoms with van der Waals surface area (Å²) < 4.78 is 0. The van der Waals surface area contributed by atoms with Gasteiger partial charge in [-0.2, -0.15) is 0 Å². The van der Waals surface area contributed by atoms with Gasteiger partial charge in [-0.25, -0.2) is 0 Å². The van der Waals surface area contributed by atoms with Crippen LogP contribution in [0.15, 0.2) is 24.3 Å². The third-order valence-corrected chi connectivity index (χ3v) is 2.80. The van der Waals surface area contributed by atoms with Gasteiger partial charge < -0.3 is 0 Å². The van der Waals surface area contributed by atoms with Crippen LogP contribution >= 0.6 is 0 Å². The molecule has 86 valence electrons. The van der Waals surface area contributed by atoms with Crippen molar-refractivity contribution in [1.29, 1.82) is 0 Å². The van der Waals surface area contributed by atoms with Gasteiger partial charge in [0.15, 0.2) is 0 Å². The van der Waals surface area contributed by atoms with Crippen LogP contribution in [0.2, 0.25) is 0 Å². The first-order chi connectivity index (χ1) is 7.26. The first-order valence-corrected chi connectivity index (χ1v) is 6.31. The van der Waals surface area contributed by atoms with Gasteiger partial charge >= 0.3 is 0 Å². The van der Waals surface area contributed by atoms with Crippen molar-refractivity contribution in [2.24, 2.45) is 5.92 Å². The van der Waals surface area contributed by atoms with Gasteiger partial charge in [0.05, 0.1) is 0 Å². The van der Waals surface area contributed by atoms with Gasteiger partial charge in [0.2, 0.25) is 0 Å². The highest BCUT2D eigenvalue weighted by Crippen LogP contribution is 2.15. The highest BCUT2D eigenvalue weighted by molar-refractivity contribution is 5.21. The molecule has 0 heteroatoms. The zero-order valence-electron chi connectivity index (χ0n) is 11.0. The van der Waals surface area contributed by atoms with Crippen molar-refractivity contribution >= 4 is 0 Å². The predicted molar refractivity (Wildman–Crippen MR) is 70.3 cm³/mol. The summed E-state index contributed by atoms with van der Waals surface area (Å²) in [4.78, 5) is 0. The molecule has 1 aromatic carbocycles. The lowest BCUT2D eigenvalue weighted by Gasteiger charge is -2.11. The molecule has 0 aliphatic rings. The number of aryl methyl sites for hydroxylation is 1. The summed E-state index contributed by atoms with van der Waals surface area (Å²) in [7, 11) is 0. The Kier molecular flexibility index (Phi) is 8.08. The molecule has 1 aromatic rings. The molecular formula is C15H26. The molecule has 0 N–H and O–H groups in total. The van der Waals surface area contributed by atoms with E-state index in [9.17, 15) is 0 Å². The lowest BCUT2D eigenvalue weighted by Crippen LogP contribution is -2.01. The average molecular weight is 206 g/mol. The Morgan fingerprint density at radius 2 is 1.40 bits per heavy atom. The van der Waals surface area contributed by atoms with Crippen LogP contribution in [0.25, 0.3) is 0 Å². The largest absolute Gasteiger partial charge is 0.0683 e. The van der Waals surface area contributed by atoms with Crippen LogP contribution in [-0.2, 0) is 6.42 Å². The third-order valence-electron chi connectivity index (χ3n) is 2.80. The molecule has 0 nitrogen and oxygen atoms in total. The molecule has 0 aromatic heterocycles. The van der Waals surface area contributed by atoms with Gasteiger partial charge in [-0.15, -0.1) is 0 Å².